The van der Waals surface area contributed by atoms with E-state index < -0.39 is 0 Å². The number of hydrogen-bond acceptors (Lipinski definition) is 4. The van der Waals surface area contributed by atoms with E-state index in [0.29, 0.717) is 12.4 Å². The fourth-order valence-electron chi connectivity index (χ4n) is 0.636. The van der Waals surface area contributed by atoms with Crippen LogP contribution in [-0.4, -0.2) is 37.1 Å². The van der Waals surface area contributed by atoms with Crippen molar-refractivity contribution in [3.8, 4) is 0 Å². The molecule has 0 heterocycles. The van der Waals surface area contributed by atoms with Gasteiger partial charge >= 0.3 is 0 Å². The summed E-state index contributed by atoms with van der Waals surface area (Å²) in [6.45, 7) is 0.439. The lowest BCUT2D eigenvalue weighted by Crippen LogP contribution is -2.45. The number of hydrogen-bond donors (Lipinski definition) is 2. The predicted octanol–water partition coefficient (Wildman–Crippen LogP) is -0.363. The SMILES string of the molecule is CN[C@@H](C[N+](=O)[O-])NCCCl. The predicted molar refractivity (Wildman–Crippen MR) is 43.4 cm³/mol. The van der Waals surface area contributed by atoms with E-state index in [4.69, 9.17) is 11.6 Å². The summed E-state index contributed by atoms with van der Waals surface area (Å²) in [6.07, 6.45) is -0.288. The van der Waals surface area contributed by atoms with Gasteiger partial charge in [-0.1, -0.05) is 0 Å². The van der Waals surface area contributed by atoms with Gasteiger partial charge in [0.15, 0.2) is 0 Å². The molecular weight excluding hydrogens is 170 g/mol. The molecule has 1 atom stereocenters. The zero-order chi connectivity index (χ0) is 8.69. The number of rotatable bonds is 6. The molecule has 0 amide bonds. The van der Waals surface area contributed by atoms with Crippen molar-refractivity contribution in [3.05, 3.63) is 10.1 Å². The molecule has 0 radical (unpaired) electrons. The van der Waals surface area contributed by atoms with Crippen molar-refractivity contribution >= 4 is 11.6 Å². The van der Waals surface area contributed by atoms with Crippen LogP contribution in [-0.2, 0) is 0 Å². The fourth-order valence-corrected chi connectivity index (χ4v) is 0.745. The Labute approximate surface area is 70.3 Å². The van der Waals surface area contributed by atoms with E-state index in [1.54, 1.807) is 7.05 Å². The topological polar surface area (TPSA) is 67.2 Å². The first-order chi connectivity index (χ1) is 5.20. The van der Waals surface area contributed by atoms with Crippen LogP contribution >= 0.6 is 11.6 Å². The van der Waals surface area contributed by atoms with Crippen molar-refractivity contribution < 1.29 is 4.92 Å². The highest BCUT2D eigenvalue weighted by Crippen LogP contribution is 1.79. The van der Waals surface area contributed by atoms with Crippen molar-refractivity contribution in [2.75, 3.05) is 26.0 Å². The van der Waals surface area contributed by atoms with Gasteiger partial charge in [0.1, 0.15) is 6.17 Å². The third-order valence-electron chi connectivity index (χ3n) is 1.17. The van der Waals surface area contributed by atoms with Crippen LogP contribution in [0.25, 0.3) is 0 Å². The monoisotopic (exact) mass is 181 g/mol. The number of nitrogens with one attached hydrogen (secondary N) is 2. The lowest BCUT2D eigenvalue weighted by molar-refractivity contribution is -0.484. The van der Waals surface area contributed by atoms with Crippen LogP contribution < -0.4 is 10.6 Å². The molecule has 0 aliphatic heterocycles. The number of nitro groups is 1. The Bertz CT molecular complexity index is 122. The van der Waals surface area contributed by atoms with Crippen molar-refractivity contribution in [2.24, 2.45) is 0 Å². The van der Waals surface area contributed by atoms with Crippen molar-refractivity contribution in [2.45, 2.75) is 6.17 Å². The first-order valence-electron chi connectivity index (χ1n) is 3.29. The molecule has 2 N–H and O–H groups in total. The Balaban J connectivity index is 3.49. The highest BCUT2D eigenvalue weighted by atomic mass is 35.5. The van der Waals surface area contributed by atoms with Gasteiger partial charge in [0.05, 0.1) is 0 Å². The normalized spacial score (nSPS) is 12.9. The number of halogens is 1. The zero-order valence-electron chi connectivity index (χ0n) is 6.34. The minimum Gasteiger partial charge on any atom is -0.299 e. The van der Waals surface area contributed by atoms with Crippen molar-refractivity contribution in [3.63, 3.8) is 0 Å². The Morgan fingerprint density at radius 3 is 2.73 bits per heavy atom. The molecule has 0 rings (SSSR count). The van der Waals surface area contributed by atoms with Crippen molar-refractivity contribution in [1.82, 2.24) is 10.6 Å². The molecular formula is C5H12ClN3O2. The first kappa shape index (κ1) is 10.6. The minimum atomic E-state index is -0.373. The minimum absolute atomic E-state index is 0.132. The highest BCUT2D eigenvalue weighted by Gasteiger charge is 2.10. The summed E-state index contributed by atoms with van der Waals surface area (Å²) < 4.78 is 0. The van der Waals surface area contributed by atoms with E-state index in [0.717, 1.165) is 0 Å². The van der Waals surface area contributed by atoms with Crippen LogP contribution in [0, 0.1) is 10.1 Å². The Morgan fingerprint density at radius 1 is 1.73 bits per heavy atom. The summed E-state index contributed by atoms with van der Waals surface area (Å²) in [5, 5.41) is 15.6. The fraction of sp³-hybridized carbons (Fsp3) is 1.00. The maximum atomic E-state index is 10.0. The molecule has 0 saturated carbocycles. The Hall–Kier alpha value is -0.390. The van der Waals surface area contributed by atoms with Crippen LogP contribution in [0.2, 0.25) is 0 Å². The molecule has 0 bridgehead atoms. The van der Waals surface area contributed by atoms with Crippen molar-refractivity contribution in [1.29, 1.82) is 0 Å². The summed E-state index contributed by atoms with van der Waals surface area (Å²) >= 11 is 5.38. The average molecular weight is 182 g/mol. The highest BCUT2D eigenvalue weighted by molar-refractivity contribution is 6.18. The molecule has 5 nitrogen and oxygen atoms in total. The van der Waals surface area contributed by atoms with Gasteiger partial charge in [-0.2, -0.15) is 0 Å². The summed E-state index contributed by atoms with van der Waals surface area (Å²) in [7, 11) is 1.66. The van der Waals surface area contributed by atoms with Crippen LogP contribution in [0.3, 0.4) is 0 Å². The summed E-state index contributed by atoms with van der Waals surface area (Å²) in [6, 6.07) is 0. The van der Waals surface area contributed by atoms with E-state index in [1.165, 1.54) is 0 Å². The van der Waals surface area contributed by atoms with E-state index in [9.17, 15) is 10.1 Å². The summed E-state index contributed by atoms with van der Waals surface area (Å²) in [5.74, 6) is 0.454. The molecule has 0 aliphatic rings. The standard InChI is InChI=1S/C5H12ClN3O2/c1-7-5(4-9(10)11)8-3-2-6/h5,7-8H,2-4H2,1H3/t5-/m1/s1. The third-order valence-corrected chi connectivity index (χ3v) is 1.35. The van der Waals surface area contributed by atoms with Crippen LogP contribution in [0.1, 0.15) is 0 Å². The second-order valence-corrected chi connectivity index (χ2v) is 2.38. The van der Waals surface area contributed by atoms with Gasteiger partial charge < -0.3 is 0 Å². The Morgan fingerprint density at radius 2 is 2.36 bits per heavy atom. The molecule has 66 valence electrons. The molecule has 0 aromatic carbocycles. The molecule has 0 unspecified atom stereocenters. The van der Waals surface area contributed by atoms with Gasteiger partial charge in [0.25, 0.3) is 0 Å². The quantitative estimate of drug-likeness (QED) is 0.254. The molecule has 11 heavy (non-hydrogen) atoms. The average Bonchev–Trinajstić information content (AvgIpc) is 1.97. The van der Waals surface area contributed by atoms with Gasteiger partial charge in [-0.3, -0.25) is 20.7 Å². The molecule has 0 saturated heterocycles. The second kappa shape index (κ2) is 6.33. The van der Waals surface area contributed by atoms with Gasteiger partial charge in [-0.25, -0.2) is 0 Å². The van der Waals surface area contributed by atoms with Gasteiger partial charge in [0.2, 0.25) is 6.54 Å². The summed E-state index contributed by atoms with van der Waals surface area (Å²) in [4.78, 5) is 9.65. The zero-order valence-corrected chi connectivity index (χ0v) is 7.10. The maximum absolute atomic E-state index is 10.0. The van der Waals surface area contributed by atoms with Gasteiger partial charge in [-0.05, 0) is 7.05 Å². The first-order valence-corrected chi connectivity index (χ1v) is 3.82. The largest absolute Gasteiger partial charge is 0.299 e. The van der Waals surface area contributed by atoms with Gasteiger partial charge in [0, 0.05) is 17.3 Å². The number of alkyl halides is 1. The van der Waals surface area contributed by atoms with E-state index in [2.05, 4.69) is 10.6 Å². The molecule has 0 aromatic rings. The van der Waals surface area contributed by atoms with Crippen LogP contribution in [0.5, 0.6) is 0 Å². The molecule has 0 aromatic heterocycles. The van der Waals surface area contributed by atoms with Crippen LogP contribution in [0.15, 0.2) is 0 Å². The Kier molecular flexibility index (Phi) is 6.10. The van der Waals surface area contributed by atoms with E-state index >= 15 is 0 Å². The third kappa shape index (κ3) is 6.03. The summed E-state index contributed by atoms with van der Waals surface area (Å²) in [5.41, 5.74) is 0. The van der Waals surface area contributed by atoms with E-state index in [1.807, 2.05) is 0 Å². The van der Waals surface area contributed by atoms with Crippen LogP contribution in [0.4, 0.5) is 0 Å². The molecule has 0 spiro atoms. The maximum Gasteiger partial charge on any atom is 0.231 e. The number of nitrogens with zero attached hydrogens (tertiary/aromatic N) is 1. The lowest BCUT2D eigenvalue weighted by Gasteiger charge is -2.11. The molecule has 0 fully saturated rings. The van der Waals surface area contributed by atoms with E-state index in [-0.39, 0.29) is 17.6 Å². The van der Waals surface area contributed by atoms with Gasteiger partial charge in [-0.15, -0.1) is 11.6 Å². The smallest absolute Gasteiger partial charge is 0.231 e. The second-order valence-electron chi connectivity index (χ2n) is 2.00. The number of likely N-dealkylation sites (N-methyl/N-ethyl adjacent to an activating group) is 1. The molecule has 0 aliphatic carbocycles. The lowest BCUT2D eigenvalue weighted by atomic mass is 10.5. The molecule has 6 heteroatoms.